The highest BCUT2D eigenvalue weighted by atomic mass is 16.6. The van der Waals surface area contributed by atoms with Gasteiger partial charge >= 0.3 is 6.09 Å². The quantitative estimate of drug-likeness (QED) is 0.473. The molecule has 1 aromatic rings. The average molecular weight is 444 g/mol. The summed E-state index contributed by atoms with van der Waals surface area (Å²) in [6.45, 7) is 12.9. The third kappa shape index (κ3) is 8.26. The molecule has 0 spiro atoms. The van der Waals surface area contributed by atoms with Crippen LogP contribution in [0.5, 0.6) is 0 Å². The SMILES string of the molecule is C#Cc1ccccc1C(C(=O)NCCCC)N(C(=O)CNC(=O)OC(C)(C)C)C(C)(C)C. The van der Waals surface area contributed by atoms with Gasteiger partial charge in [0.05, 0.1) is 0 Å². The lowest BCUT2D eigenvalue weighted by Crippen LogP contribution is -2.55. The van der Waals surface area contributed by atoms with Crippen molar-refractivity contribution in [2.45, 2.75) is 78.5 Å². The van der Waals surface area contributed by atoms with E-state index >= 15 is 0 Å². The van der Waals surface area contributed by atoms with Crippen molar-refractivity contribution in [3.8, 4) is 12.3 Å². The normalized spacial score (nSPS) is 12.3. The van der Waals surface area contributed by atoms with E-state index in [1.807, 2.05) is 27.7 Å². The van der Waals surface area contributed by atoms with Crippen LogP contribution in [0.4, 0.5) is 4.79 Å². The van der Waals surface area contributed by atoms with Crippen LogP contribution in [0.3, 0.4) is 0 Å². The smallest absolute Gasteiger partial charge is 0.408 e. The lowest BCUT2D eigenvalue weighted by atomic mass is 9.93. The first kappa shape index (κ1) is 27.0. The maximum Gasteiger partial charge on any atom is 0.408 e. The van der Waals surface area contributed by atoms with Crippen molar-refractivity contribution < 1.29 is 19.1 Å². The van der Waals surface area contributed by atoms with Gasteiger partial charge in [-0.1, -0.05) is 37.5 Å². The Labute approximate surface area is 192 Å². The number of amides is 3. The van der Waals surface area contributed by atoms with Gasteiger partial charge < -0.3 is 20.3 Å². The number of rotatable bonds is 8. The van der Waals surface area contributed by atoms with Gasteiger partial charge in [0.25, 0.3) is 0 Å². The lowest BCUT2D eigenvalue weighted by Gasteiger charge is -2.41. The van der Waals surface area contributed by atoms with Crippen LogP contribution in [-0.4, -0.2) is 47.0 Å². The number of nitrogens with zero attached hydrogens (tertiary/aromatic N) is 1. The molecule has 0 fully saturated rings. The number of benzene rings is 1. The fraction of sp³-hybridized carbons (Fsp3) is 0.560. The predicted octanol–water partition coefficient (Wildman–Crippen LogP) is 3.78. The molecule has 1 aromatic carbocycles. The van der Waals surface area contributed by atoms with Crippen molar-refractivity contribution in [1.29, 1.82) is 0 Å². The second-order valence-corrected chi connectivity index (χ2v) is 9.57. The minimum atomic E-state index is -0.952. The van der Waals surface area contributed by atoms with Gasteiger partial charge in [-0.05, 0) is 59.6 Å². The van der Waals surface area contributed by atoms with Crippen LogP contribution in [0.1, 0.15) is 78.5 Å². The first-order valence-electron chi connectivity index (χ1n) is 10.9. The zero-order valence-electron chi connectivity index (χ0n) is 20.4. The Hall–Kier alpha value is -3.01. The maximum absolute atomic E-state index is 13.3. The zero-order valence-corrected chi connectivity index (χ0v) is 20.4. The van der Waals surface area contributed by atoms with Crippen LogP contribution in [0.25, 0.3) is 0 Å². The Bertz CT molecular complexity index is 844. The zero-order chi connectivity index (χ0) is 24.5. The first-order valence-corrected chi connectivity index (χ1v) is 10.9. The summed E-state index contributed by atoms with van der Waals surface area (Å²) in [6, 6.07) is 6.12. The largest absolute Gasteiger partial charge is 0.444 e. The number of ether oxygens (including phenoxy) is 1. The molecule has 0 heterocycles. The molecule has 1 atom stereocenters. The molecule has 176 valence electrons. The third-order valence-electron chi connectivity index (χ3n) is 4.52. The molecule has 3 amide bonds. The van der Waals surface area contributed by atoms with Gasteiger partial charge in [0, 0.05) is 17.6 Å². The van der Waals surface area contributed by atoms with E-state index in [1.165, 1.54) is 4.90 Å². The van der Waals surface area contributed by atoms with Crippen LogP contribution < -0.4 is 10.6 Å². The molecule has 7 heteroatoms. The second-order valence-electron chi connectivity index (χ2n) is 9.57. The number of alkyl carbamates (subject to hydrolysis) is 1. The molecular formula is C25H37N3O4. The summed E-state index contributed by atoms with van der Waals surface area (Å²) in [4.78, 5) is 40.2. The number of terminal acetylenes is 1. The number of nitrogens with one attached hydrogen (secondary N) is 2. The summed E-state index contributed by atoms with van der Waals surface area (Å²) in [7, 11) is 0. The van der Waals surface area contributed by atoms with Crippen molar-refractivity contribution in [1.82, 2.24) is 15.5 Å². The van der Waals surface area contributed by atoms with Crippen LogP contribution in [0.2, 0.25) is 0 Å². The Balaban J connectivity index is 3.32. The molecule has 1 unspecified atom stereocenters. The van der Waals surface area contributed by atoms with E-state index < -0.39 is 29.2 Å². The highest BCUT2D eigenvalue weighted by Crippen LogP contribution is 2.31. The number of hydrogen-bond donors (Lipinski definition) is 2. The second kappa shape index (κ2) is 11.6. The first-order chi connectivity index (χ1) is 14.8. The minimum absolute atomic E-state index is 0.316. The number of unbranched alkanes of at least 4 members (excludes halogenated alkanes) is 1. The van der Waals surface area contributed by atoms with Gasteiger partial charge in [0.2, 0.25) is 11.8 Å². The van der Waals surface area contributed by atoms with Gasteiger partial charge in [-0.25, -0.2) is 4.79 Å². The van der Waals surface area contributed by atoms with Crippen LogP contribution >= 0.6 is 0 Å². The predicted molar refractivity (Wildman–Crippen MR) is 126 cm³/mol. The molecular weight excluding hydrogens is 406 g/mol. The highest BCUT2D eigenvalue weighted by Gasteiger charge is 2.39. The summed E-state index contributed by atoms with van der Waals surface area (Å²) in [6.07, 6.45) is 6.74. The number of carbonyl (C=O) groups excluding carboxylic acids is 3. The van der Waals surface area contributed by atoms with E-state index in [0.717, 1.165) is 12.8 Å². The average Bonchev–Trinajstić information content (AvgIpc) is 2.68. The molecule has 1 rings (SSSR count). The molecule has 0 aliphatic rings. The summed E-state index contributed by atoms with van der Waals surface area (Å²) in [5.41, 5.74) is -0.333. The Morgan fingerprint density at radius 2 is 1.72 bits per heavy atom. The fourth-order valence-corrected chi connectivity index (χ4v) is 3.20. The Morgan fingerprint density at radius 3 is 2.25 bits per heavy atom. The molecule has 0 aliphatic heterocycles. The maximum atomic E-state index is 13.3. The molecule has 7 nitrogen and oxygen atoms in total. The van der Waals surface area contributed by atoms with Gasteiger partial charge in [-0.15, -0.1) is 6.42 Å². The van der Waals surface area contributed by atoms with Crippen molar-refractivity contribution in [3.05, 3.63) is 35.4 Å². The number of carbonyl (C=O) groups is 3. The molecule has 0 saturated heterocycles. The van der Waals surface area contributed by atoms with Gasteiger partial charge in [0.1, 0.15) is 18.2 Å². The van der Waals surface area contributed by atoms with Crippen molar-refractivity contribution in [2.75, 3.05) is 13.1 Å². The molecule has 0 aliphatic carbocycles. The topological polar surface area (TPSA) is 87.7 Å². The summed E-state index contributed by atoms with van der Waals surface area (Å²) >= 11 is 0. The van der Waals surface area contributed by atoms with Crippen LogP contribution in [-0.2, 0) is 14.3 Å². The van der Waals surface area contributed by atoms with E-state index in [0.29, 0.717) is 17.7 Å². The summed E-state index contributed by atoms with van der Waals surface area (Å²) in [5, 5.41) is 5.42. The van der Waals surface area contributed by atoms with Gasteiger partial charge in [0.15, 0.2) is 0 Å². The van der Waals surface area contributed by atoms with Gasteiger partial charge in [-0.2, -0.15) is 0 Å². The van der Waals surface area contributed by atoms with Crippen LogP contribution in [0.15, 0.2) is 24.3 Å². The summed E-state index contributed by atoms with van der Waals surface area (Å²) < 4.78 is 5.22. The Kier molecular flexibility index (Phi) is 9.77. The van der Waals surface area contributed by atoms with E-state index in [1.54, 1.807) is 45.0 Å². The third-order valence-corrected chi connectivity index (χ3v) is 4.52. The standard InChI is InChI=1S/C25H37N3O4/c1-9-11-16-26-22(30)21(19-15-13-12-14-18(19)10-2)28(24(3,4)5)20(29)17-27-23(31)32-25(6,7)8/h2,12-15,21H,9,11,16-17H2,1,3-8H3,(H,26,30)(H,27,31). The van der Waals surface area contributed by atoms with E-state index in [4.69, 9.17) is 11.2 Å². The molecule has 2 N–H and O–H groups in total. The fourth-order valence-electron chi connectivity index (χ4n) is 3.20. The van der Waals surface area contributed by atoms with Crippen molar-refractivity contribution in [2.24, 2.45) is 0 Å². The monoisotopic (exact) mass is 443 g/mol. The lowest BCUT2D eigenvalue weighted by molar-refractivity contribution is -0.145. The van der Waals surface area contributed by atoms with E-state index in [-0.39, 0.29) is 12.5 Å². The molecule has 32 heavy (non-hydrogen) atoms. The van der Waals surface area contributed by atoms with Gasteiger partial charge in [-0.3, -0.25) is 9.59 Å². The minimum Gasteiger partial charge on any atom is -0.444 e. The Morgan fingerprint density at radius 1 is 1.09 bits per heavy atom. The highest BCUT2D eigenvalue weighted by molar-refractivity contribution is 5.91. The van der Waals surface area contributed by atoms with Crippen molar-refractivity contribution >= 4 is 17.9 Å². The number of hydrogen-bond acceptors (Lipinski definition) is 4. The molecule has 0 aromatic heterocycles. The molecule has 0 radical (unpaired) electrons. The van der Waals surface area contributed by atoms with Crippen LogP contribution in [0, 0.1) is 12.3 Å². The van der Waals surface area contributed by atoms with Crippen molar-refractivity contribution in [3.63, 3.8) is 0 Å². The molecule has 0 bridgehead atoms. The van der Waals surface area contributed by atoms with E-state index in [2.05, 4.69) is 16.6 Å². The molecule has 0 saturated carbocycles. The van der Waals surface area contributed by atoms with E-state index in [9.17, 15) is 14.4 Å². The summed E-state index contributed by atoms with van der Waals surface area (Å²) in [5.74, 6) is 1.87.